The molecule has 0 spiro atoms. The Kier molecular flexibility index (Phi) is 5.69. The molecule has 0 fully saturated rings. The van der Waals surface area contributed by atoms with Gasteiger partial charge in [0.1, 0.15) is 0 Å². The number of carbonyl (C=O) groups is 4. The average Bonchev–Trinajstić information content (AvgIpc) is 3.53. The number of halogens is 1. The van der Waals surface area contributed by atoms with Crippen molar-refractivity contribution >= 4 is 39.8 Å². The fourth-order valence-electron chi connectivity index (χ4n) is 4.07. The Hall–Kier alpha value is -4.25. The van der Waals surface area contributed by atoms with E-state index < -0.39 is 0 Å². The SMILES string of the molecule is Cc1c(-c2nnn(CCN3C(=O)c4ccccc4C3=O)n2)[nH]c(C=O)c1C(=O)c1cccc(Br)c1. The van der Waals surface area contributed by atoms with Crippen molar-refractivity contribution in [2.45, 2.75) is 13.5 Å². The molecular formula is C24H17BrN6O4. The van der Waals surface area contributed by atoms with E-state index in [1.54, 1.807) is 55.5 Å². The van der Waals surface area contributed by atoms with Gasteiger partial charge in [0.15, 0.2) is 12.1 Å². The Labute approximate surface area is 207 Å². The van der Waals surface area contributed by atoms with Gasteiger partial charge in [0, 0.05) is 10.0 Å². The number of benzene rings is 2. The molecular weight excluding hydrogens is 516 g/mol. The summed E-state index contributed by atoms with van der Waals surface area (Å²) in [6, 6.07) is 13.5. The number of hydrogen-bond donors (Lipinski definition) is 1. The third-order valence-electron chi connectivity index (χ3n) is 5.79. The molecule has 10 nitrogen and oxygen atoms in total. The summed E-state index contributed by atoms with van der Waals surface area (Å²) in [5.41, 5.74) is 2.41. The number of imide groups is 1. The molecule has 1 N–H and O–H groups in total. The Morgan fingerprint density at radius 2 is 1.77 bits per heavy atom. The number of hydrogen-bond acceptors (Lipinski definition) is 7. The number of nitrogens with zero attached hydrogens (tertiary/aromatic N) is 5. The standard InChI is InChI=1S/C24H17BrN6O4/c1-13-19(21(33)14-5-4-6-15(25)11-14)18(12-32)26-20(13)22-27-29-31(28-22)10-9-30-23(34)16-7-2-3-8-17(16)24(30)35/h2-8,11-12,26H,9-10H2,1H3. The second kappa shape index (κ2) is 8.84. The van der Waals surface area contributed by atoms with Gasteiger partial charge in [0.2, 0.25) is 5.82 Å². The monoisotopic (exact) mass is 532 g/mol. The van der Waals surface area contributed by atoms with Gasteiger partial charge in [0.05, 0.1) is 41.2 Å². The average molecular weight is 533 g/mol. The summed E-state index contributed by atoms with van der Waals surface area (Å²) >= 11 is 3.35. The highest BCUT2D eigenvalue weighted by Crippen LogP contribution is 2.27. The summed E-state index contributed by atoms with van der Waals surface area (Å²) in [4.78, 5) is 55.2. The first-order valence-electron chi connectivity index (χ1n) is 10.6. The zero-order valence-corrected chi connectivity index (χ0v) is 19.9. The summed E-state index contributed by atoms with van der Waals surface area (Å²) < 4.78 is 0.743. The van der Waals surface area contributed by atoms with Crippen molar-refractivity contribution in [3.63, 3.8) is 0 Å². The number of aldehydes is 1. The molecule has 2 aromatic carbocycles. The summed E-state index contributed by atoms with van der Waals surface area (Å²) in [6.07, 6.45) is 0.578. The van der Waals surface area contributed by atoms with Crippen molar-refractivity contribution in [1.82, 2.24) is 30.1 Å². The number of amides is 2. The van der Waals surface area contributed by atoms with Crippen LogP contribution in [-0.4, -0.2) is 60.5 Å². The number of nitrogens with one attached hydrogen (secondary N) is 1. The van der Waals surface area contributed by atoms with Crippen LogP contribution in [0.15, 0.2) is 53.0 Å². The van der Waals surface area contributed by atoms with Gasteiger partial charge in [-0.15, -0.1) is 10.2 Å². The Bertz CT molecular complexity index is 1490. The van der Waals surface area contributed by atoms with Crippen LogP contribution in [0.4, 0.5) is 0 Å². The van der Waals surface area contributed by atoms with E-state index in [9.17, 15) is 19.2 Å². The lowest BCUT2D eigenvalue weighted by molar-refractivity contribution is 0.0645. The topological polar surface area (TPSA) is 131 Å². The largest absolute Gasteiger partial charge is 0.349 e. The van der Waals surface area contributed by atoms with E-state index in [-0.39, 0.29) is 47.8 Å². The first kappa shape index (κ1) is 22.5. The lowest BCUT2D eigenvalue weighted by Crippen LogP contribution is -2.33. The molecule has 0 aliphatic carbocycles. The van der Waals surface area contributed by atoms with Crippen LogP contribution >= 0.6 is 15.9 Å². The summed E-state index contributed by atoms with van der Waals surface area (Å²) in [5.74, 6) is -0.859. The van der Waals surface area contributed by atoms with Crippen molar-refractivity contribution in [2.75, 3.05) is 6.54 Å². The molecule has 2 amide bonds. The third-order valence-corrected chi connectivity index (χ3v) is 6.28. The number of carbonyl (C=O) groups excluding carboxylic acids is 4. The van der Waals surface area contributed by atoms with Gasteiger partial charge in [-0.2, -0.15) is 4.80 Å². The molecule has 11 heteroatoms. The van der Waals surface area contributed by atoms with Crippen LogP contribution in [-0.2, 0) is 6.54 Å². The van der Waals surface area contributed by atoms with E-state index in [4.69, 9.17) is 0 Å². The predicted octanol–water partition coefficient (Wildman–Crippen LogP) is 3.08. The van der Waals surface area contributed by atoms with Crippen molar-refractivity contribution < 1.29 is 19.2 Å². The maximum absolute atomic E-state index is 13.1. The Morgan fingerprint density at radius 3 is 2.43 bits per heavy atom. The number of aromatic amines is 1. The van der Waals surface area contributed by atoms with E-state index in [0.29, 0.717) is 34.2 Å². The maximum Gasteiger partial charge on any atom is 0.261 e. The fraction of sp³-hybridized carbons (Fsp3) is 0.125. The highest BCUT2D eigenvalue weighted by atomic mass is 79.9. The zero-order valence-electron chi connectivity index (χ0n) is 18.4. The molecule has 0 unspecified atom stereocenters. The number of fused-ring (bicyclic) bond motifs is 1. The minimum Gasteiger partial charge on any atom is -0.349 e. The van der Waals surface area contributed by atoms with Gasteiger partial charge < -0.3 is 4.98 Å². The zero-order chi connectivity index (χ0) is 24.7. The fourth-order valence-corrected chi connectivity index (χ4v) is 4.47. The number of aromatic nitrogens is 5. The van der Waals surface area contributed by atoms with Crippen LogP contribution in [0.5, 0.6) is 0 Å². The molecule has 0 radical (unpaired) electrons. The van der Waals surface area contributed by atoms with E-state index >= 15 is 0 Å². The minimum absolute atomic E-state index is 0.0675. The Balaban J connectivity index is 1.37. The van der Waals surface area contributed by atoms with Gasteiger partial charge >= 0.3 is 0 Å². The quantitative estimate of drug-likeness (QED) is 0.220. The lowest BCUT2D eigenvalue weighted by atomic mass is 9.99. The second-order valence-electron chi connectivity index (χ2n) is 7.89. The van der Waals surface area contributed by atoms with E-state index in [0.717, 1.165) is 9.37 Å². The second-order valence-corrected chi connectivity index (χ2v) is 8.80. The van der Waals surface area contributed by atoms with Crippen molar-refractivity contribution in [2.24, 2.45) is 0 Å². The van der Waals surface area contributed by atoms with E-state index in [1.807, 2.05) is 0 Å². The number of H-pyrrole nitrogens is 1. The maximum atomic E-state index is 13.1. The van der Waals surface area contributed by atoms with E-state index in [2.05, 4.69) is 36.3 Å². The molecule has 0 saturated carbocycles. The van der Waals surface area contributed by atoms with Crippen molar-refractivity contribution in [3.8, 4) is 11.5 Å². The van der Waals surface area contributed by atoms with Crippen molar-refractivity contribution in [1.29, 1.82) is 0 Å². The number of rotatable bonds is 7. The molecule has 5 rings (SSSR count). The van der Waals surface area contributed by atoms with Gasteiger partial charge in [-0.3, -0.25) is 24.1 Å². The van der Waals surface area contributed by atoms with Crippen LogP contribution in [0, 0.1) is 6.92 Å². The van der Waals surface area contributed by atoms with Crippen molar-refractivity contribution in [3.05, 3.63) is 86.5 Å². The molecule has 174 valence electrons. The molecule has 4 aromatic rings. The molecule has 35 heavy (non-hydrogen) atoms. The first-order chi connectivity index (χ1) is 16.9. The third kappa shape index (κ3) is 3.89. The smallest absolute Gasteiger partial charge is 0.261 e. The molecule has 0 bridgehead atoms. The Morgan fingerprint density at radius 1 is 1.06 bits per heavy atom. The number of tetrazole rings is 1. The van der Waals surface area contributed by atoms with Crippen LogP contribution < -0.4 is 0 Å². The highest BCUT2D eigenvalue weighted by Gasteiger charge is 2.35. The lowest BCUT2D eigenvalue weighted by Gasteiger charge is -2.12. The van der Waals surface area contributed by atoms with Crippen LogP contribution in [0.25, 0.3) is 11.5 Å². The van der Waals surface area contributed by atoms with E-state index in [1.165, 1.54) is 4.80 Å². The summed E-state index contributed by atoms with van der Waals surface area (Å²) in [6.45, 7) is 1.89. The normalized spacial score (nSPS) is 12.8. The predicted molar refractivity (Wildman–Crippen MR) is 127 cm³/mol. The summed E-state index contributed by atoms with van der Waals surface area (Å²) in [7, 11) is 0. The van der Waals surface area contributed by atoms with Gasteiger partial charge in [-0.25, -0.2) is 0 Å². The van der Waals surface area contributed by atoms with Crippen LogP contribution in [0.3, 0.4) is 0 Å². The highest BCUT2D eigenvalue weighted by molar-refractivity contribution is 9.10. The minimum atomic E-state index is -0.363. The molecule has 1 aliphatic heterocycles. The molecule has 3 heterocycles. The first-order valence-corrected chi connectivity index (χ1v) is 11.4. The van der Waals surface area contributed by atoms with Gasteiger partial charge in [-0.1, -0.05) is 40.2 Å². The number of ketones is 1. The summed E-state index contributed by atoms with van der Waals surface area (Å²) in [5, 5.41) is 12.3. The molecule has 0 saturated heterocycles. The molecule has 2 aromatic heterocycles. The van der Waals surface area contributed by atoms with Crippen LogP contribution in [0.2, 0.25) is 0 Å². The van der Waals surface area contributed by atoms with Crippen LogP contribution in [0.1, 0.15) is 52.7 Å². The van der Waals surface area contributed by atoms with Gasteiger partial charge in [0.25, 0.3) is 11.8 Å². The van der Waals surface area contributed by atoms with Gasteiger partial charge in [-0.05, 0) is 42.0 Å². The molecule has 1 aliphatic rings. The molecule has 0 atom stereocenters.